The van der Waals surface area contributed by atoms with Gasteiger partial charge in [0.25, 0.3) is 10.0 Å². The maximum absolute atomic E-state index is 12.6. The van der Waals surface area contributed by atoms with Gasteiger partial charge in [0.1, 0.15) is 5.84 Å². The molecule has 0 radical (unpaired) electrons. The molecule has 12 heteroatoms. The van der Waals surface area contributed by atoms with E-state index in [1.807, 2.05) is 0 Å². The standard InChI is InChI=1S/C23H28N4O6S2/c1-17(28)18-6-5-7-21(16-18)34(30,31)25-15-13-23(29)26-19-9-11-20(12-10-19)35(32,33)27-22-8-3-2-4-14-24-22/h5-7,9-12,16,25H,2-4,8,13-15H2,1H3,(H,24,27)(H,26,29). The number of rotatable bonds is 9. The molecule has 0 aliphatic carbocycles. The minimum atomic E-state index is -3.89. The van der Waals surface area contributed by atoms with E-state index in [1.165, 1.54) is 55.5 Å². The molecule has 1 aliphatic rings. The fourth-order valence-corrected chi connectivity index (χ4v) is 5.54. The summed E-state index contributed by atoms with van der Waals surface area (Å²) in [5, 5.41) is 2.60. The van der Waals surface area contributed by atoms with Crippen molar-refractivity contribution in [1.82, 2.24) is 9.44 Å². The smallest absolute Gasteiger partial charge is 0.262 e. The van der Waals surface area contributed by atoms with Crippen molar-refractivity contribution >= 4 is 43.3 Å². The van der Waals surface area contributed by atoms with Crippen molar-refractivity contribution in [3.8, 4) is 0 Å². The number of carbonyl (C=O) groups is 2. The predicted molar refractivity (Wildman–Crippen MR) is 132 cm³/mol. The van der Waals surface area contributed by atoms with Crippen LogP contribution in [-0.4, -0.2) is 47.5 Å². The van der Waals surface area contributed by atoms with Crippen LogP contribution in [0.1, 0.15) is 49.4 Å². The number of hydrogen-bond acceptors (Lipinski definition) is 7. The number of nitrogens with zero attached hydrogens (tertiary/aromatic N) is 1. The largest absolute Gasteiger partial charge is 0.326 e. The average Bonchev–Trinajstić information content (AvgIpc) is 3.07. The normalized spacial score (nSPS) is 14.5. The molecule has 0 unspecified atom stereocenters. The van der Waals surface area contributed by atoms with Crippen molar-refractivity contribution in [2.75, 3.05) is 18.4 Å². The first-order valence-electron chi connectivity index (χ1n) is 11.1. The summed E-state index contributed by atoms with van der Waals surface area (Å²) in [6.07, 6.45) is 3.27. The number of carbonyl (C=O) groups excluding carboxylic acids is 2. The molecule has 0 atom stereocenters. The lowest BCUT2D eigenvalue weighted by Crippen LogP contribution is -2.30. The van der Waals surface area contributed by atoms with Gasteiger partial charge in [0.05, 0.1) is 9.79 Å². The molecule has 1 amide bonds. The lowest BCUT2D eigenvalue weighted by molar-refractivity contribution is -0.116. The van der Waals surface area contributed by atoms with E-state index in [2.05, 4.69) is 19.8 Å². The van der Waals surface area contributed by atoms with Gasteiger partial charge in [-0.1, -0.05) is 18.6 Å². The number of benzene rings is 2. The van der Waals surface area contributed by atoms with E-state index in [9.17, 15) is 26.4 Å². The van der Waals surface area contributed by atoms with Crippen molar-refractivity contribution < 1.29 is 26.4 Å². The van der Waals surface area contributed by atoms with Gasteiger partial charge in [0, 0.05) is 37.2 Å². The third-order valence-corrected chi connectivity index (χ3v) is 8.13. The number of sulfonamides is 2. The van der Waals surface area contributed by atoms with Gasteiger partial charge >= 0.3 is 0 Å². The predicted octanol–water partition coefficient (Wildman–Crippen LogP) is 2.45. The van der Waals surface area contributed by atoms with Gasteiger partial charge in [-0.25, -0.2) is 21.6 Å². The maximum atomic E-state index is 12.6. The Balaban J connectivity index is 1.52. The first-order valence-corrected chi connectivity index (χ1v) is 14.1. The summed E-state index contributed by atoms with van der Waals surface area (Å²) in [6, 6.07) is 11.3. The van der Waals surface area contributed by atoms with E-state index in [0.717, 1.165) is 19.3 Å². The second-order valence-electron chi connectivity index (χ2n) is 8.05. The molecule has 35 heavy (non-hydrogen) atoms. The van der Waals surface area contributed by atoms with Crippen LogP contribution in [0.4, 0.5) is 5.69 Å². The van der Waals surface area contributed by atoms with Crippen LogP contribution < -0.4 is 14.8 Å². The fraction of sp³-hybridized carbons (Fsp3) is 0.348. The van der Waals surface area contributed by atoms with Gasteiger partial charge in [0.2, 0.25) is 15.9 Å². The molecular formula is C23H28N4O6S2. The van der Waals surface area contributed by atoms with Crippen LogP contribution in [0, 0.1) is 0 Å². The Bertz CT molecular complexity index is 1320. The summed E-state index contributed by atoms with van der Waals surface area (Å²) in [5.74, 6) is -0.253. The monoisotopic (exact) mass is 520 g/mol. The van der Waals surface area contributed by atoms with Crippen LogP contribution in [0.25, 0.3) is 0 Å². The molecule has 0 saturated heterocycles. The molecule has 1 aliphatic heterocycles. The molecule has 0 spiro atoms. The number of Topliss-reactive ketones (excluding diaryl/α,β-unsaturated/α-hetero) is 1. The lowest BCUT2D eigenvalue weighted by atomic mass is 10.2. The van der Waals surface area contributed by atoms with Crippen LogP contribution >= 0.6 is 0 Å². The van der Waals surface area contributed by atoms with Crippen molar-refractivity contribution in [1.29, 1.82) is 0 Å². The Hall–Kier alpha value is -3.09. The second kappa shape index (κ2) is 11.6. The Morgan fingerprint density at radius 2 is 1.66 bits per heavy atom. The zero-order chi connectivity index (χ0) is 25.5. The summed E-state index contributed by atoms with van der Waals surface area (Å²) < 4.78 is 54.9. The summed E-state index contributed by atoms with van der Waals surface area (Å²) in [5.41, 5.74) is 0.645. The third kappa shape index (κ3) is 7.70. The Morgan fingerprint density at radius 3 is 2.37 bits per heavy atom. The average molecular weight is 521 g/mol. The van der Waals surface area contributed by atoms with E-state index in [1.54, 1.807) is 0 Å². The highest BCUT2D eigenvalue weighted by Crippen LogP contribution is 2.16. The van der Waals surface area contributed by atoms with E-state index in [-0.39, 0.29) is 34.1 Å². The molecule has 3 rings (SSSR count). The molecule has 10 nitrogen and oxygen atoms in total. The summed E-state index contributed by atoms with van der Waals surface area (Å²) in [7, 11) is -7.67. The van der Waals surface area contributed by atoms with E-state index >= 15 is 0 Å². The molecule has 188 valence electrons. The number of amides is 1. The molecule has 3 N–H and O–H groups in total. The number of amidine groups is 1. The van der Waals surface area contributed by atoms with Crippen molar-refractivity contribution in [2.24, 2.45) is 4.99 Å². The Kier molecular flexibility index (Phi) is 8.76. The van der Waals surface area contributed by atoms with Crippen molar-refractivity contribution in [3.05, 3.63) is 54.1 Å². The van der Waals surface area contributed by atoms with Gasteiger partial charge in [-0.15, -0.1) is 0 Å². The highest BCUT2D eigenvalue weighted by molar-refractivity contribution is 7.90. The van der Waals surface area contributed by atoms with Crippen molar-refractivity contribution in [2.45, 2.75) is 48.8 Å². The number of hydrogen-bond donors (Lipinski definition) is 3. The van der Waals surface area contributed by atoms with E-state index in [4.69, 9.17) is 0 Å². The fourth-order valence-electron chi connectivity index (χ4n) is 3.38. The summed E-state index contributed by atoms with van der Waals surface area (Å²) in [6.45, 7) is 1.79. The zero-order valence-electron chi connectivity index (χ0n) is 19.3. The molecule has 0 saturated carbocycles. The first-order chi connectivity index (χ1) is 16.6. The number of ketones is 1. The van der Waals surface area contributed by atoms with Gasteiger partial charge in [-0.2, -0.15) is 0 Å². The highest BCUT2D eigenvalue weighted by Gasteiger charge is 2.18. The summed E-state index contributed by atoms with van der Waals surface area (Å²) in [4.78, 5) is 27.9. The van der Waals surface area contributed by atoms with Crippen LogP contribution in [-0.2, 0) is 24.8 Å². The van der Waals surface area contributed by atoms with Gasteiger partial charge < -0.3 is 5.32 Å². The van der Waals surface area contributed by atoms with Crippen molar-refractivity contribution in [3.63, 3.8) is 0 Å². The van der Waals surface area contributed by atoms with Gasteiger partial charge in [-0.05, 0) is 56.2 Å². The summed E-state index contributed by atoms with van der Waals surface area (Å²) >= 11 is 0. The minimum Gasteiger partial charge on any atom is -0.326 e. The lowest BCUT2D eigenvalue weighted by Gasteiger charge is -2.11. The topological polar surface area (TPSA) is 151 Å². The number of anilines is 1. The SMILES string of the molecule is CC(=O)c1cccc(S(=O)(=O)NCCC(=O)Nc2ccc(S(=O)(=O)NC3=NCCCCC3)cc2)c1. The quantitative estimate of drug-likeness (QED) is 0.432. The molecular weight excluding hydrogens is 492 g/mol. The Labute approximate surface area is 205 Å². The van der Waals surface area contributed by atoms with Crippen LogP contribution in [0.15, 0.2) is 63.3 Å². The second-order valence-corrected chi connectivity index (χ2v) is 11.5. The molecule has 0 fully saturated rings. The van der Waals surface area contributed by atoms with E-state index in [0.29, 0.717) is 24.5 Å². The minimum absolute atomic E-state index is 0.0444. The number of nitrogens with one attached hydrogen (secondary N) is 3. The first kappa shape index (κ1) is 26.5. The third-order valence-electron chi connectivity index (χ3n) is 5.27. The maximum Gasteiger partial charge on any atom is 0.262 e. The van der Waals surface area contributed by atoms with E-state index < -0.39 is 26.0 Å². The van der Waals surface area contributed by atoms with Crippen LogP contribution in [0.3, 0.4) is 0 Å². The van der Waals surface area contributed by atoms with Gasteiger partial charge in [0.15, 0.2) is 5.78 Å². The van der Waals surface area contributed by atoms with Crippen LogP contribution in [0.2, 0.25) is 0 Å². The van der Waals surface area contributed by atoms with Crippen LogP contribution in [0.5, 0.6) is 0 Å². The number of aliphatic imine (C=N–C) groups is 1. The van der Waals surface area contributed by atoms with Gasteiger partial charge in [-0.3, -0.25) is 19.3 Å². The molecule has 2 aromatic rings. The molecule has 2 aromatic carbocycles. The highest BCUT2D eigenvalue weighted by atomic mass is 32.2. The zero-order valence-corrected chi connectivity index (χ0v) is 20.9. The molecule has 0 bridgehead atoms. The Morgan fingerprint density at radius 1 is 0.914 bits per heavy atom. The molecule has 1 heterocycles. The molecule has 0 aromatic heterocycles.